The Morgan fingerprint density at radius 2 is 1.70 bits per heavy atom. The van der Waals surface area contributed by atoms with Crippen LogP contribution in [-0.2, 0) is 21.4 Å². The van der Waals surface area contributed by atoms with Gasteiger partial charge in [0.1, 0.15) is 0 Å². The van der Waals surface area contributed by atoms with E-state index in [4.69, 9.17) is 22.6 Å². The van der Waals surface area contributed by atoms with Gasteiger partial charge >= 0.3 is 0 Å². The molecule has 1 aliphatic carbocycles. The van der Waals surface area contributed by atoms with Crippen LogP contribution in [0.25, 0.3) is 0 Å². The number of nitrogens with zero attached hydrogens (tertiary/aromatic N) is 2. The first kappa shape index (κ1) is 22.3. The van der Waals surface area contributed by atoms with Crippen molar-refractivity contribution < 1.29 is 13.2 Å². The topological polar surface area (TPSA) is 104 Å². The summed E-state index contributed by atoms with van der Waals surface area (Å²) in [5.74, 6) is -1.02. The summed E-state index contributed by atoms with van der Waals surface area (Å²) >= 11 is 5.94. The fraction of sp³-hybridized carbons (Fsp3) is 0.364. The zero-order chi connectivity index (χ0) is 21.7. The summed E-state index contributed by atoms with van der Waals surface area (Å²) in [6, 6.07) is 14.3. The summed E-state index contributed by atoms with van der Waals surface area (Å²) in [6.07, 6.45) is 3.74. The van der Waals surface area contributed by atoms with E-state index in [9.17, 15) is 13.2 Å². The Kier molecular flexibility index (Phi) is 7.14. The van der Waals surface area contributed by atoms with E-state index in [0.29, 0.717) is 23.4 Å². The molecular formula is C22H24ClN3O3S. The molecule has 0 aromatic heterocycles. The predicted molar refractivity (Wildman–Crippen MR) is 115 cm³/mol. The summed E-state index contributed by atoms with van der Waals surface area (Å²) in [4.78, 5) is 12.3. The number of carbonyl (C=O) groups is 1. The third-order valence-electron chi connectivity index (χ3n) is 5.56. The number of rotatable bonds is 6. The SMILES string of the molecule is N#Cc1ccc(CN(C2CCCCCC2C(N)=O)S(=O)(=O)c2ccc(Cl)cc2)cc1. The highest BCUT2D eigenvalue weighted by atomic mass is 35.5. The van der Waals surface area contributed by atoms with Crippen molar-refractivity contribution in [3.05, 3.63) is 64.7 Å². The predicted octanol–water partition coefficient (Wildman–Crippen LogP) is 3.84. The van der Waals surface area contributed by atoms with Gasteiger partial charge in [-0.3, -0.25) is 4.79 Å². The molecule has 1 aliphatic rings. The Labute approximate surface area is 182 Å². The lowest BCUT2D eigenvalue weighted by Gasteiger charge is -2.34. The normalized spacial score (nSPS) is 19.8. The molecule has 2 atom stereocenters. The largest absolute Gasteiger partial charge is 0.369 e. The number of halogens is 1. The van der Waals surface area contributed by atoms with Gasteiger partial charge in [0.25, 0.3) is 0 Å². The Morgan fingerprint density at radius 3 is 2.30 bits per heavy atom. The minimum atomic E-state index is -3.91. The van der Waals surface area contributed by atoms with Crippen LogP contribution in [0.1, 0.15) is 43.2 Å². The molecule has 2 aromatic rings. The van der Waals surface area contributed by atoms with Gasteiger partial charge in [-0.05, 0) is 54.8 Å². The van der Waals surface area contributed by atoms with Crippen LogP contribution in [0.4, 0.5) is 0 Å². The molecule has 6 nitrogen and oxygen atoms in total. The number of amides is 1. The van der Waals surface area contributed by atoms with E-state index in [1.165, 1.54) is 28.6 Å². The van der Waals surface area contributed by atoms with E-state index in [0.717, 1.165) is 24.8 Å². The molecule has 1 fully saturated rings. The van der Waals surface area contributed by atoms with Crippen LogP contribution in [0.3, 0.4) is 0 Å². The second-order valence-electron chi connectivity index (χ2n) is 7.53. The first-order chi connectivity index (χ1) is 14.3. The number of primary amides is 1. The van der Waals surface area contributed by atoms with E-state index in [2.05, 4.69) is 6.07 Å². The zero-order valence-corrected chi connectivity index (χ0v) is 18.1. The molecule has 0 radical (unpaired) electrons. The molecule has 0 heterocycles. The van der Waals surface area contributed by atoms with E-state index in [1.54, 1.807) is 24.3 Å². The number of hydrogen-bond acceptors (Lipinski definition) is 4. The van der Waals surface area contributed by atoms with Gasteiger partial charge in [0.2, 0.25) is 15.9 Å². The van der Waals surface area contributed by atoms with E-state index in [1.807, 2.05) is 0 Å². The molecule has 8 heteroatoms. The van der Waals surface area contributed by atoms with Crippen LogP contribution in [0.2, 0.25) is 5.02 Å². The second kappa shape index (κ2) is 9.61. The van der Waals surface area contributed by atoms with Gasteiger partial charge in [0.15, 0.2) is 0 Å². The van der Waals surface area contributed by atoms with Gasteiger partial charge in [-0.1, -0.05) is 43.0 Å². The van der Waals surface area contributed by atoms with Crippen molar-refractivity contribution in [2.45, 2.75) is 49.6 Å². The average Bonchev–Trinajstić information content (AvgIpc) is 2.98. The Bertz CT molecular complexity index is 1030. The van der Waals surface area contributed by atoms with Gasteiger partial charge in [-0.15, -0.1) is 0 Å². The number of carbonyl (C=O) groups excluding carboxylic acids is 1. The Morgan fingerprint density at radius 1 is 1.07 bits per heavy atom. The fourth-order valence-electron chi connectivity index (χ4n) is 3.95. The lowest BCUT2D eigenvalue weighted by atomic mass is 9.94. The van der Waals surface area contributed by atoms with Crippen molar-refractivity contribution in [3.8, 4) is 6.07 Å². The Hall–Kier alpha value is -2.40. The van der Waals surface area contributed by atoms with Gasteiger partial charge < -0.3 is 5.73 Å². The van der Waals surface area contributed by atoms with Crippen molar-refractivity contribution >= 4 is 27.5 Å². The fourth-order valence-corrected chi connectivity index (χ4v) is 5.76. The smallest absolute Gasteiger partial charge is 0.243 e. The third-order valence-corrected chi connectivity index (χ3v) is 7.69. The minimum Gasteiger partial charge on any atom is -0.369 e. The molecule has 2 unspecified atom stereocenters. The second-order valence-corrected chi connectivity index (χ2v) is 9.85. The summed E-state index contributed by atoms with van der Waals surface area (Å²) in [5.41, 5.74) is 6.91. The van der Waals surface area contributed by atoms with Gasteiger partial charge in [0.05, 0.1) is 22.4 Å². The molecule has 0 bridgehead atoms. The molecule has 1 saturated carbocycles. The summed E-state index contributed by atoms with van der Waals surface area (Å²) < 4.78 is 28.7. The van der Waals surface area contributed by atoms with E-state index < -0.39 is 27.9 Å². The molecule has 1 amide bonds. The van der Waals surface area contributed by atoms with Crippen molar-refractivity contribution in [1.82, 2.24) is 4.31 Å². The summed E-state index contributed by atoms with van der Waals surface area (Å²) in [5, 5.41) is 9.46. The van der Waals surface area contributed by atoms with Crippen molar-refractivity contribution in [2.75, 3.05) is 0 Å². The van der Waals surface area contributed by atoms with Crippen molar-refractivity contribution in [3.63, 3.8) is 0 Å². The number of benzene rings is 2. The van der Waals surface area contributed by atoms with Crippen LogP contribution in [0.5, 0.6) is 0 Å². The monoisotopic (exact) mass is 445 g/mol. The molecule has 158 valence electrons. The molecule has 30 heavy (non-hydrogen) atoms. The third kappa shape index (κ3) is 5.01. The average molecular weight is 446 g/mol. The summed E-state index contributed by atoms with van der Waals surface area (Å²) in [7, 11) is -3.91. The quantitative estimate of drug-likeness (QED) is 0.682. The van der Waals surface area contributed by atoms with E-state index >= 15 is 0 Å². The number of hydrogen-bond donors (Lipinski definition) is 1. The molecular weight excluding hydrogens is 422 g/mol. The maximum Gasteiger partial charge on any atom is 0.243 e. The number of nitriles is 1. The van der Waals surface area contributed by atoms with Crippen molar-refractivity contribution in [2.24, 2.45) is 11.7 Å². The molecule has 2 N–H and O–H groups in total. The lowest BCUT2D eigenvalue weighted by molar-refractivity contribution is -0.123. The van der Waals surface area contributed by atoms with Crippen LogP contribution in [0.15, 0.2) is 53.4 Å². The first-order valence-corrected chi connectivity index (χ1v) is 11.7. The summed E-state index contributed by atoms with van der Waals surface area (Å²) in [6.45, 7) is 0.0884. The maximum atomic E-state index is 13.6. The Balaban J connectivity index is 2.05. The number of nitrogens with two attached hydrogens (primary N) is 1. The van der Waals surface area contributed by atoms with E-state index in [-0.39, 0.29) is 11.4 Å². The van der Waals surface area contributed by atoms with Crippen LogP contribution >= 0.6 is 11.6 Å². The maximum absolute atomic E-state index is 13.6. The van der Waals surface area contributed by atoms with Gasteiger partial charge in [-0.25, -0.2) is 8.42 Å². The first-order valence-electron chi connectivity index (χ1n) is 9.88. The van der Waals surface area contributed by atoms with Gasteiger partial charge in [-0.2, -0.15) is 9.57 Å². The standard InChI is InChI=1S/C22H24ClN3O3S/c23-18-10-12-19(13-11-18)30(28,29)26(15-17-8-6-16(14-24)7-9-17)21-5-3-1-2-4-20(21)22(25)27/h6-13,20-21H,1-5,15H2,(H2,25,27). The van der Waals surface area contributed by atoms with Crippen LogP contribution < -0.4 is 5.73 Å². The molecule has 3 rings (SSSR count). The molecule has 0 spiro atoms. The lowest BCUT2D eigenvalue weighted by Crippen LogP contribution is -2.47. The minimum absolute atomic E-state index is 0.0884. The molecule has 0 saturated heterocycles. The highest BCUT2D eigenvalue weighted by Gasteiger charge is 2.39. The van der Waals surface area contributed by atoms with Crippen molar-refractivity contribution in [1.29, 1.82) is 5.26 Å². The molecule has 2 aromatic carbocycles. The number of sulfonamides is 1. The zero-order valence-electron chi connectivity index (χ0n) is 16.5. The van der Waals surface area contributed by atoms with Crippen LogP contribution in [-0.4, -0.2) is 24.7 Å². The highest BCUT2D eigenvalue weighted by molar-refractivity contribution is 7.89. The van der Waals surface area contributed by atoms with Gasteiger partial charge in [0, 0.05) is 17.6 Å². The van der Waals surface area contributed by atoms with Crippen LogP contribution in [0, 0.1) is 17.2 Å². The highest BCUT2D eigenvalue weighted by Crippen LogP contribution is 2.33. The molecule has 0 aliphatic heterocycles.